The minimum atomic E-state index is 0. The zero-order chi connectivity index (χ0) is 19.2. The van der Waals surface area contributed by atoms with Crippen LogP contribution in [0.1, 0.15) is 18.4 Å². The van der Waals surface area contributed by atoms with Crippen molar-refractivity contribution in [1.29, 1.82) is 0 Å². The Morgan fingerprint density at radius 2 is 1.90 bits per heavy atom. The molecule has 1 unspecified atom stereocenters. The SMILES string of the molecule is I.NC(=NCC1CCN(Cc2ccccc2)C1)Nc1ccc2c(c1)OCCCO2. The topological polar surface area (TPSA) is 72.1 Å². The molecule has 0 radical (unpaired) electrons. The van der Waals surface area contributed by atoms with Gasteiger partial charge < -0.3 is 20.5 Å². The van der Waals surface area contributed by atoms with Gasteiger partial charge in [-0.15, -0.1) is 24.0 Å². The molecule has 2 aliphatic rings. The van der Waals surface area contributed by atoms with Gasteiger partial charge in [-0.25, -0.2) is 0 Å². The summed E-state index contributed by atoms with van der Waals surface area (Å²) in [4.78, 5) is 7.05. The summed E-state index contributed by atoms with van der Waals surface area (Å²) >= 11 is 0. The van der Waals surface area contributed by atoms with Gasteiger partial charge in [-0.2, -0.15) is 0 Å². The minimum Gasteiger partial charge on any atom is -0.490 e. The third-order valence-electron chi connectivity index (χ3n) is 5.16. The van der Waals surface area contributed by atoms with Crippen LogP contribution < -0.4 is 20.5 Å². The molecule has 0 bridgehead atoms. The van der Waals surface area contributed by atoms with Gasteiger partial charge in [-0.3, -0.25) is 9.89 Å². The number of nitrogens with one attached hydrogen (secondary N) is 1. The van der Waals surface area contributed by atoms with E-state index in [1.807, 2.05) is 18.2 Å². The second kappa shape index (κ2) is 10.7. The molecule has 2 aromatic rings. The van der Waals surface area contributed by atoms with Crippen LogP contribution in [0.2, 0.25) is 0 Å². The number of guanidine groups is 1. The maximum Gasteiger partial charge on any atom is 0.193 e. The number of hydrogen-bond acceptors (Lipinski definition) is 4. The van der Waals surface area contributed by atoms with Crippen molar-refractivity contribution < 1.29 is 9.47 Å². The molecular formula is C22H29IN4O2. The fourth-order valence-electron chi connectivity index (χ4n) is 3.70. The highest BCUT2D eigenvalue weighted by atomic mass is 127. The van der Waals surface area contributed by atoms with Gasteiger partial charge in [0.25, 0.3) is 0 Å². The number of nitrogens with zero attached hydrogens (tertiary/aromatic N) is 2. The summed E-state index contributed by atoms with van der Waals surface area (Å²) < 4.78 is 11.4. The quantitative estimate of drug-likeness (QED) is 0.366. The first-order valence-electron chi connectivity index (χ1n) is 9.99. The first kappa shape index (κ1) is 21.7. The Labute approximate surface area is 189 Å². The maximum atomic E-state index is 6.10. The van der Waals surface area contributed by atoms with E-state index in [9.17, 15) is 0 Å². The smallest absolute Gasteiger partial charge is 0.193 e. The van der Waals surface area contributed by atoms with Crippen molar-refractivity contribution >= 4 is 35.6 Å². The number of fused-ring (bicyclic) bond motifs is 1. The molecule has 7 heteroatoms. The Morgan fingerprint density at radius 3 is 2.72 bits per heavy atom. The molecule has 29 heavy (non-hydrogen) atoms. The first-order valence-corrected chi connectivity index (χ1v) is 9.99. The molecule has 0 aliphatic carbocycles. The molecule has 0 spiro atoms. The van der Waals surface area contributed by atoms with E-state index in [4.69, 9.17) is 15.2 Å². The normalized spacial score (nSPS) is 19.3. The van der Waals surface area contributed by atoms with Crippen LogP contribution >= 0.6 is 24.0 Å². The standard InChI is InChI=1S/C22H28N4O2.HI/c23-22(25-19-7-8-20-21(13-19)28-12-4-11-27-20)24-14-18-9-10-26(16-18)15-17-5-2-1-3-6-17;/h1-3,5-8,13,18H,4,9-12,14-16H2,(H3,23,24,25);1H. The third kappa shape index (κ3) is 6.24. The second-order valence-electron chi connectivity index (χ2n) is 7.44. The van der Waals surface area contributed by atoms with Gasteiger partial charge in [0, 0.05) is 37.8 Å². The summed E-state index contributed by atoms with van der Waals surface area (Å²) in [5.74, 6) is 2.52. The average Bonchev–Trinajstić information content (AvgIpc) is 3.02. The fraction of sp³-hybridized carbons (Fsp3) is 0.409. The van der Waals surface area contributed by atoms with E-state index in [0.717, 1.165) is 56.2 Å². The molecular weight excluding hydrogens is 479 g/mol. The predicted molar refractivity (Wildman–Crippen MR) is 127 cm³/mol. The number of hydrogen-bond donors (Lipinski definition) is 2. The van der Waals surface area contributed by atoms with E-state index in [0.29, 0.717) is 25.1 Å². The second-order valence-corrected chi connectivity index (χ2v) is 7.44. The van der Waals surface area contributed by atoms with Gasteiger partial charge >= 0.3 is 0 Å². The van der Waals surface area contributed by atoms with E-state index in [1.165, 1.54) is 5.56 Å². The van der Waals surface area contributed by atoms with E-state index >= 15 is 0 Å². The van der Waals surface area contributed by atoms with E-state index in [-0.39, 0.29) is 24.0 Å². The van der Waals surface area contributed by atoms with Crippen molar-refractivity contribution in [2.24, 2.45) is 16.6 Å². The van der Waals surface area contributed by atoms with Crippen LogP contribution in [0.5, 0.6) is 11.5 Å². The number of benzene rings is 2. The molecule has 2 heterocycles. The largest absolute Gasteiger partial charge is 0.490 e. The van der Waals surface area contributed by atoms with Crippen molar-refractivity contribution in [1.82, 2.24) is 4.90 Å². The molecule has 6 nitrogen and oxygen atoms in total. The lowest BCUT2D eigenvalue weighted by molar-refractivity contribution is 0.297. The maximum absolute atomic E-state index is 6.10. The summed E-state index contributed by atoms with van der Waals surface area (Å²) in [7, 11) is 0. The highest BCUT2D eigenvalue weighted by molar-refractivity contribution is 14.0. The van der Waals surface area contributed by atoms with Crippen molar-refractivity contribution in [3.8, 4) is 11.5 Å². The van der Waals surface area contributed by atoms with Gasteiger partial charge in [0.2, 0.25) is 0 Å². The highest BCUT2D eigenvalue weighted by Crippen LogP contribution is 2.32. The Kier molecular flexibility index (Phi) is 8.00. The number of ether oxygens (including phenoxy) is 2. The van der Waals surface area contributed by atoms with E-state index in [1.54, 1.807) is 0 Å². The third-order valence-corrected chi connectivity index (χ3v) is 5.16. The zero-order valence-electron chi connectivity index (χ0n) is 16.5. The number of anilines is 1. The molecule has 0 saturated carbocycles. The highest BCUT2D eigenvalue weighted by Gasteiger charge is 2.22. The van der Waals surface area contributed by atoms with Crippen LogP contribution in [0.25, 0.3) is 0 Å². The molecule has 2 aromatic carbocycles. The number of aliphatic imine (C=N–C) groups is 1. The lowest BCUT2D eigenvalue weighted by atomic mass is 10.1. The average molecular weight is 508 g/mol. The molecule has 4 rings (SSSR count). The molecule has 156 valence electrons. The molecule has 1 atom stereocenters. The van der Waals surface area contributed by atoms with Gasteiger partial charge in [-0.05, 0) is 36.6 Å². The number of nitrogens with two attached hydrogens (primary N) is 1. The molecule has 0 aromatic heterocycles. The van der Waals surface area contributed by atoms with Crippen LogP contribution in [0, 0.1) is 5.92 Å². The monoisotopic (exact) mass is 508 g/mol. The Hall–Kier alpha value is -2.00. The molecule has 2 aliphatic heterocycles. The lowest BCUT2D eigenvalue weighted by Gasteiger charge is -2.15. The van der Waals surface area contributed by atoms with E-state index in [2.05, 4.69) is 45.5 Å². The Balaban J connectivity index is 0.00000240. The number of halogens is 1. The summed E-state index contributed by atoms with van der Waals surface area (Å²) in [6, 6.07) is 16.4. The van der Waals surface area contributed by atoms with Gasteiger partial charge in [0.05, 0.1) is 13.2 Å². The summed E-state index contributed by atoms with van der Waals surface area (Å²) in [6.07, 6.45) is 2.05. The van der Waals surface area contributed by atoms with E-state index < -0.39 is 0 Å². The zero-order valence-corrected chi connectivity index (χ0v) is 18.9. The molecule has 0 amide bonds. The summed E-state index contributed by atoms with van der Waals surface area (Å²) in [6.45, 7) is 5.29. The lowest BCUT2D eigenvalue weighted by Crippen LogP contribution is -2.25. The Morgan fingerprint density at radius 1 is 1.10 bits per heavy atom. The Bertz CT molecular complexity index is 816. The predicted octanol–water partition coefficient (Wildman–Crippen LogP) is 3.71. The van der Waals surface area contributed by atoms with Crippen LogP contribution in [0.15, 0.2) is 53.5 Å². The van der Waals surface area contributed by atoms with Gasteiger partial charge in [-0.1, -0.05) is 30.3 Å². The number of rotatable bonds is 5. The summed E-state index contributed by atoms with van der Waals surface area (Å²) in [5.41, 5.74) is 8.33. The van der Waals surface area contributed by atoms with Crippen molar-refractivity contribution in [2.45, 2.75) is 19.4 Å². The van der Waals surface area contributed by atoms with Crippen molar-refractivity contribution in [3.63, 3.8) is 0 Å². The van der Waals surface area contributed by atoms with Crippen LogP contribution in [-0.2, 0) is 6.54 Å². The molecule has 1 saturated heterocycles. The number of likely N-dealkylation sites (tertiary alicyclic amines) is 1. The van der Waals surface area contributed by atoms with Crippen LogP contribution in [-0.4, -0.2) is 43.7 Å². The summed E-state index contributed by atoms with van der Waals surface area (Å²) in [5, 5.41) is 3.17. The minimum absolute atomic E-state index is 0. The van der Waals surface area contributed by atoms with Crippen molar-refractivity contribution in [3.05, 3.63) is 54.1 Å². The fourth-order valence-corrected chi connectivity index (χ4v) is 3.70. The van der Waals surface area contributed by atoms with Crippen LogP contribution in [0.4, 0.5) is 5.69 Å². The van der Waals surface area contributed by atoms with Gasteiger partial charge in [0.1, 0.15) is 0 Å². The molecule has 1 fully saturated rings. The van der Waals surface area contributed by atoms with Crippen LogP contribution in [0.3, 0.4) is 0 Å². The van der Waals surface area contributed by atoms with Gasteiger partial charge in [0.15, 0.2) is 17.5 Å². The molecule has 3 N–H and O–H groups in total. The first-order chi connectivity index (χ1) is 13.8. The van der Waals surface area contributed by atoms with Crippen molar-refractivity contribution in [2.75, 3.05) is 38.2 Å².